The van der Waals surface area contributed by atoms with E-state index >= 15 is 0 Å². The lowest BCUT2D eigenvalue weighted by Gasteiger charge is -2.20. The molecule has 0 atom stereocenters. The van der Waals surface area contributed by atoms with Crippen LogP contribution in [0.4, 0.5) is 5.69 Å². The number of hydrogen-bond donors (Lipinski definition) is 1. The van der Waals surface area contributed by atoms with Crippen molar-refractivity contribution >= 4 is 22.9 Å². The maximum Gasteiger partial charge on any atom is 0.104 e. The fourth-order valence-electron chi connectivity index (χ4n) is 2.23. The van der Waals surface area contributed by atoms with E-state index in [9.17, 15) is 0 Å². The molecule has 0 radical (unpaired) electrons. The molecule has 2 rings (SSSR count). The Balaban J connectivity index is 2.04. The molecule has 0 saturated carbocycles. The van der Waals surface area contributed by atoms with Crippen molar-refractivity contribution in [1.82, 2.24) is 0 Å². The van der Waals surface area contributed by atoms with Gasteiger partial charge < -0.3 is 10.6 Å². The quantitative estimate of drug-likeness (QED) is 0.854. The molecule has 0 bridgehead atoms. The molecular weight excluding hydrogens is 264 g/mol. The maximum atomic E-state index is 5.69. The van der Waals surface area contributed by atoms with Crippen LogP contribution in [-0.2, 0) is 6.42 Å². The fraction of sp³-hybridized carbons (Fsp3) is 0.235. The van der Waals surface area contributed by atoms with Crippen molar-refractivity contribution in [2.75, 3.05) is 18.5 Å². The number of nitrogens with two attached hydrogens (primary N) is 1. The van der Waals surface area contributed by atoms with Gasteiger partial charge in [-0.15, -0.1) is 0 Å². The van der Waals surface area contributed by atoms with Crippen LogP contribution in [0, 0.1) is 6.92 Å². The first-order valence-electron chi connectivity index (χ1n) is 6.73. The highest BCUT2D eigenvalue weighted by molar-refractivity contribution is 7.80. The fourth-order valence-corrected chi connectivity index (χ4v) is 2.46. The topological polar surface area (TPSA) is 29.3 Å². The van der Waals surface area contributed by atoms with Gasteiger partial charge in [0.25, 0.3) is 0 Å². The molecule has 0 unspecified atom stereocenters. The molecule has 20 heavy (non-hydrogen) atoms. The van der Waals surface area contributed by atoms with Gasteiger partial charge >= 0.3 is 0 Å². The van der Waals surface area contributed by atoms with Crippen molar-refractivity contribution < 1.29 is 0 Å². The van der Waals surface area contributed by atoms with Gasteiger partial charge in [-0.1, -0.05) is 42.5 Å². The summed E-state index contributed by atoms with van der Waals surface area (Å²) in [6.45, 7) is 3.03. The van der Waals surface area contributed by atoms with E-state index in [0.717, 1.165) is 24.1 Å². The van der Waals surface area contributed by atoms with Crippen LogP contribution in [0.3, 0.4) is 0 Å². The van der Waals surface area contributed by atoms with Crippen molar-refractivity contribution in [1.29, 1.82) is 0 Å². The van der Waals surface area contributed by atoms with E-state index in [1.807, 2.05) is 19.1 Å². The van der Waals surface area contributed by atoms with E-state index in [0.29, 0.717) is 4.99 Å². The van der Waals surface area contributed by atoms with E-state index in [-0.39, 0.29) is 0 Å². The third kappa shape index (κ3) is 3.58. The Morgan fingerprint density at radius 2 is 1.85 bits per heavy atom. The highest BCUT2D eigenvalue weighted by Crippen LogP contribution is 2.18. The van der Waals surface area contributed by atoms with Gasteiger partial charge in [-0.2, -0.15) is 0 Å². The van der Waals surface area contributed by atoms with Gasteiger partial charge in [-0.25, -0.2) is 0 Å². The molecule has 0 aromatic heterocycles. The minimum Gasteiger partial charge on any atom is -0.389 e. The molecule has 2 nitrogen and oxygen atoms in total. The Bertz CT molecular complexity index is 593. The van der Waals surface area contributed by atoms with Crippen LogP contribution in [0.1, 0.15) is 16.7 Å². The Kier molecular flexibility index (Phi) is 4.74. The zero-order valence-electron chi connectivity index (χ0n) is 12.0. The zero-order valence-corrected chi connectivity index (χ0v) is 12.8. The molecule has 104 valence electrons. The normalized spacial score (nSPS) is 10.3. The van der Waals surface area contributed by atoms with Gasteiger partial charge in [0.15, 0.2) is 0 Å². The lowest BCUT2D eigenvalue weighted by Crippen LogP contribution is -2.21. The average Bonchev–Trinajstić information content (AvgIpc) is 2.45. The predicted octanol–water partition coefficient (Wildman–Crippen LogP) is 3.31. The Labute approximate surface area is 126 Å². The number of anilines is 1. The van der Waals surface area contributed by atoms with E-state index in [1.54, 1.807) is 0 Å². The highest BCUT2D eigenvalue weighted by Gasteiger charge is 2.06. The molecule has 0 amide bonds. The molecule has 3 heteroatoms. The summed E-state index contributed by atoms with van der Waals surface area (Å²) in [6.07, 6.45) is 1.04. The van der Waals surface area contributed by atoms with Crippen LogP contribution in [0.25, 0.3) is 0 Å². The molecule has 2 aromatic carbocycles. The van der Waals surface area contributed by atoms with E-state index in [4.69, 9.17) is 18.0 Å². The van der Waals surface area contributed by atoms with E-state index in [1.165, 1.54) is 11.3 Å². The molecule has 0 aliphatic carbocycles. The molecular formula is C17H20N2S. The SMILES string of the molecule is Cc1cc(N(C)CCc2ccccc2)ccc1C(N)=S. The molecule has 0 spiro atoms. The second kappa shape index (κ2) is 6.53. The Hall–Kier alpha value is -1.87. The Morgan fingerprint density at radius 1 is 1.15 bits per heavy atom. The number of nitrogens with zero attached hydrogens (tertiary/aromatic N) is 1. The lowest BCUT2D eigenvalue weighted by atomic mass is 10.1. The second-order valence-electron chi connectivity index (χ2n) is 5.02. The number of rotatable bonds is 5. The summed E-state index contributed by atoms with van der Waals surface area (Å²) in [7, 11) is 2.11. The summed E-state index contributed by atoms with van der Waals surface area (Å²) < 4.78 is 0. The van der Waals surface area contributed by atoms with Gasteiger partial charge in [0.1, 0.15) is 4.99 Å². The number of benzene rings is 2. The van der Waals surface area contributed by atoms with Crippen molar-refractivity contribution in [3.63, 3.8) is 0 Å². The van der Waals surface area contributed by atoms with E-state index < -0.39 is 0 Å². The zero-order chi connectivity index (χ0) is 14.5. The predicted molar refractivity (Wildman–Crippen MR) is 90.5 cm³/mol. The summed E-state index contributed by atoms with van der Waals surface area (Å²) in [4.78, 5) is 2.71. The van der Waals surface area contributed by atoms with Crippen LogP contribution in [0.15, 0.2) is 48.5 Å². The van der Waals surface area contributed by atoms with Gasteiger partial charge in [0.05, 0.1) is 0 Å². The maximum absolute atomic E-state index is 5.69. The van der Waals surface area contributed by atoms with Crippen LogP contribution < -0.4 is 10.6 Å². The lowest BCUT2D eigenvalue weighted by molar-refractivity contribution is 0.876. The average molecular weight is 284 g/mol. The third-order valence-electron chi connectivity index (χ3n) is 3.49. The molecule has 0 heterocycles. The van der Waals surface area contributed by atoms with Gasteiger partial charge in [-0.05, 0) is 42.7 Å². The molecule has 0 aliphatic rings. The second-order valence-corrected chi connectivity index (χ2v) is 5.46. The number of thiocarbonyl (C=S) groups is 1. The summed E-state index contributed by atoms with van der Waals surface area (Å²) in [5.41, 5.74) is 10.3. The molecule has 0 fully saturated rings. The number of hydrogen-bond acceptors (Lipinski definition) is 2. The third-order valence-corrected chi connectivity index (χ3v) is 3.71. The summed E-state index contributed by atoms with van der Waals surface area (Å²) >= 11 is 5.04. The smallest absolute Gasteiger partial charge is 0.104 e. The number of likely N-dealkylation sites (N-methyl/N-ethyl adjacent to an activating group) is 1. The van der Waals surface area contributed by atoms with Crippen molar-refractivity contribution in [3.05, 3.63) is 65.2 Å². The van der Waals surface area contributed by atoms with Gasteiger partial charge in [0, 0.05) is 24.8 Å². The summed E-state index contributed by atoms with van der Waals surface area (Å²) in [6, 6.07) is 16.8. The minimum atomic E-state index is 0.459. The van der Waals surface area contributed by atoms with Crippen LogP contribution in [0.2, 0.25) is 0 Å². The van der Waals surface area contributed by atoms with E-state index in [2.05, 4.69) is 48.3 Å². The largest absolute Gasteiger partial charge is 0.389 e. The first-order chi connectivity index (χ1) is 9.58. The summed E-state index contributed by atoms with van der Waals surface area (Å²) in [5, 5.41) is 0. The molecule has 0 aliphatic heterocycles. The van der Waals surface area contributed by atoms with Gasteiger partial charge in [0.2, 0.25) is 0 Å². The standard InChI is InChI=1S/C17H20N2S/c1-13-12-15(8-9-16(13)17(18)20)19(2)11-10-14-6-4-3-5-7-14/h3-9,12H,10-11H2,1-2H3,(H2,18,20). The van der Waals surface area contributed by atoms with Crippen molar-refractivity contribution in [2.45, 2.75) is 13.3 Å². The molecule has 0 saturated heterocycles. The summed E-state index contributed by atoms with van der Waals surface area (Å²) in [5.74, 6) is 0. The highest BCUT2D eigenvalue weighted by atomic mass is 32.1. The van der Waals surface area contributed by atoms with Crippen LogP contribution in [-0.4, -0.2) is 18.6 Å². The first kappa shape index (κ1) is 14.5. The Morgan fingerprint density at radius 3 is 2.45 bits per heavy atom. The number of aryl methyl sites for hydroxylation is 1. The van der Waals surface area contributed by atoms with Crippen LogP contribution in [0.5, 0.6) is 0 Å². The molecule has 2 N–H and O–H groups in total. The first-order valence-corrected chi connectivity index (χ1v) is 7.14. The van der Waals surface area contributed by atoms with Gasteiger partial charge in [-0.3, -0.25) is 0 Å². The van der Waals surface area contributed by atoms with Crippen molar-refractivity contribution in [3.8, 4) is 0 Å². The minimum absolute atomic E-state index is 0.459. The van der Waals surface area contributed by atoms with Crippen LogP contribution >= 0.6 is 12.2 Å². The monoisotopic (exact) mass is 284 g/mol. The molecule has 2 aromatic rings. The van der Waals surface area contributed by atoms with Crippen molar-refractivity contribution in [2.24, 2.45) is 5.73 Å².